The van der Waals surface area contributed by atoms with Gasteiger partial charge in [0.15, 0.2) is 5.76 Å². The highest BCUT2D eigenvalue weighted by Crippen LogP contribution is 2.23. The van der Waals surface area contributed by atoms with Crippen LogP contribution in [0.1, 0.15) is 22.5 Å². The second-order valence-corrected chi connectivity index (χ2v) is 4.91. The molecule has 2 saturated heterocycles. The summed E-state index contributed by atoms with van der Waals surface area (Å²) in [6, 6.07) is 2.30. The molecule has 1 amide bonds. The van der Waals surface area contributed by atoms with Crippen molar-refractivity contribution in [3.63, 3.8) is 0 Å². The van der Waals surface area contributed by atoms with Crippen LogP contribution in [0.25, 0.3) is 0 Å². The van der Waals surface area contributed by atoms with Crippen LogP contribution in [-0.4, -0.2) is 36.5 Å². The number of hydrogen-bond donors (Lipinski definition) is 1. The molecule has 86 valence electrons. The highest BCUT2D eigenvalue weighted by molar-refractivity contribution is 5.91. The lowest BCUT2D eigenvalue weighted by Crippen LogP contribution is -2.44. The van der Waals surface area contributed by atoms with Crippen LogP contribution in [0.3, 0.4) is 0 Å². The molecule has 0 aliphatic carbocycles. The minimum atomic E-state index is 0.0338. The SMILES string of the molecule is Cc1coc(C(=O)N2C[C@H]3CN[C@H](C3)C2)c1. The Morgan fingerprint density at radius 3 is 3.12 bits per heavy atom. The van der Waals surface area contributed by atoms with Crippen molar-refractivity contribution in [1.82, 2.24) is 10.2 Å². The first-order valence-electron chi connectivity index (χ1n) is 5.80. The van der Waals surface area contributed by atoms with E-state index in [1.54, 1.807) is 6.26 Å². The molecule has 0 saturated carbocycles. The van der Waals surface area contributed by atoms with Crippen molar-refractivity contribution in [2.45, 2.75) is 19.4 Å². The topological polar surface area (TPSA) is 45.5 Å². The Kier molecular flexibility index (Phi) is 2.24. The second-order valence-electron chi connectivity index (χ2n) is 4.91. The fraction of sp³-hybridized carbons (Fsp3) is 0.583. The van der Waals surface area contributed by atoms with Crippen molar-refractivity contribution in [1.29, 1.82) is 0 Å². The summed E-state index contributed by atoms with van der Waals surface area (Å²) in [7, 11) is 0. The van der Waals surface area contributed by atoms with Gasteiger partial charge in [-0.3, -0.25) is 4.79 Å². The first kappa shape index (κ1) is 9.90. The predicted octanol–water partition coefficient (Wildman–Crippen LogP) is 1.02. The number of carbonyl (C=O) groups excluding carboxylic acids is 1. The average molecular weight is 220 g/mol. The Balaban J connectivity index is 1.76. The molecule has 3 rings (SSSR count). The molecule has 0 spiro atoms. The van der Waals surface area contributed by atoms with Gasteiger partial charge in [-0.05, 0) is 30.9 Å². The van der Waals surface area contributed by atoms with Gasteiger partial charge in [-0.2, -0.15) is 0 Å². The largest absolute Gasteiger partial charge is 0.459 e. The molecule has 2 fully saturated rings. The number of fused-ring (bicyclic) bond motifs is 2. The monoisotopic (exact) mass is 220 g/mol. The average Bonchev–Trinajstić information content (AvgIpc) is 2.84. The summed E-state index contributed by atoms with van der Waals surface area (Å²) < 4.78 is 5.26. The Bertz CT molecular complexity index is 401. The van der Waals surface area contributed by atoms with Crippen LogP contribution in [0.2, 0.25) is 0 Å². The van der Waals surface area contributed by atoms with Crippen LogP contribution >= 0.6 is 0 Å². The summed E-state index contributed by atoms with van der Waals surface area (Å²) in [4.78, 5) is 14.1. The normalized spacial score (nSPS) is 28.4. The molecular weight excluding hydrogens is 204 g/mol. The van der Waals surface area contributed by atoms with Gasteiger partial charge < -0.3 is 14.6 Å². The van der Waals surface area contributed by atoms with E-state index in [1.807, 2.05) is 17.9 Å². The van der Waals surface area contributed by atoms with Gasteiger partial charge in [0.1, 0.15) is 0 Å². The van der Waals surface area contributed by atoms with Gasteiger partial charge in [0, 0.05) is 25.7 Å². The summed E-state index contributed by atoms with van der Waals surface area (Å²) in [5.41, 5.74) is 1.00. The van der Waals surface area contributed by atoms with E-state index in [4.69, 9.17) is 4.42 Å². The number of likely N-dealkylation sites (tertiary alicyclic amines) is 1. The fourth-order valence-electron chi connectivity index (χ4n) is 2.70. The highest BCUT2D eigenvalue weighted by atomic mass is 16.3. The van der Waals surface area contributed by atoms with Crippen molar-refractivity contribution in [2.24, 2.45) is 5.92 Å². The van der Waals surface area contributed by atoms with Crippen molar-refractivity contribution < 1.29 is 9.21 Å². The van der Waals surface area contributed by atoms with Crippen LogP contribution < -0.4 is 5.32 Å². The number of nitrogens with zero attached hydrogens (tertiary/aromatic N) is 1. The molecule has 0 unspecified atom stereocenters. The Hall–Kier alpha value is -1.29. The predicted molar refractivity (Wildman–Crippen MR) is 59.2 cm³/mol. The van der Waals surface area contributed by atoms with Crippen molar-refractivity contribution in [3.8, 4) is 0 Å². The summed E-state index contributed by atoms with van der Waals surface area (Å²) in [5.74, 6) is 1.13. The van der Waals surface area contributed by atoms with Crippen LogP contribution in [0.15, 0.2) is 16.7 Å². The quantitative estimate of drug-likeness (QED) is 0.768. The summed E-state index contributed by atoms with van der Waals surface area (Å²) in [5, 5.41) is 3.44. The van der Waals surface area contributed by atoms with E-state index in [9.17, 15) is 4.79 Å². The number of amides is 1. The number of furan rings is 1. The number of piperidine rings is 1. The lowest BCUT2D eigenvalue weighted by atomic mass is 10.00. The molecule has 2 bridgehead atoms. The Labute approximate surface area is 94.6 Å². The Morgan fingerprint density at radius 1 is 1.56 bits per heavy atom. The van der Waals surface area contributed by atoms with Gasteiger partial charge in [-0.25, -0.2) is 0 Å². The second kappa shape index (κ2) is 3.63. The maximum atomic E-state index is 12.1. The van der Waals surface area contributed by atoms with E-state index >= 15 is 0 Å². The van der Waals surface area contributed by atoms with Crippen molar-refractivity contribution >= 4 is 5.91 Å². The van der Waals surface area contributed by atoms with Gasteiger partial charge >= 0.3 is 0 Å². The third kappa shape index (κ3) is 1.63. The summed E-state index contributed by atoms with van der Waals surface area (Å²) in [6.07, 6.45) is 2.84. The van der Waals surface area contributed by atoms with Gasteiger partial charge in [-0.15, -0.1) is 0 Å². The van der Waals surface area contributed by atoms with Gasteiger partial charge in [0.2, 0.25) is 0 Å². The summed E-state index contributed by atoms with van der Waals surface area (Å²) in [6.45, 7) is 4.66. The standard InChI is InChI=1S/C12H16N2O2/c1-8-2-11(16-7-8)12(15)14-5-9-3-10(6-14)13-4-9/h2,7,9-10,13H,3-6H2,1H3/t9-,10-/m1/s1. The Morgan fingerprint density at radius 2 is 2.44 bits per heavy atom. The molecule has 16 heavy (non-hydrogen) atoms. The maximum absolute atomic E-state index is 12.1. The first-order chi connectivity index (χ1) is 7.72. The van der Waals surface area contributed by atoms with Crippen LogP contribution in [-0.2, 0) is 0 Å². The van der Waals surface area contributed by atoms with Crippen LogP contribution in [0.4, 0.5) is 0 Å². The van der Waals surface area contributed by atoms with E-state index in [1.165, 1.54) is 6.42 Å². The smallest absolute Gasteiger partial charge is 0.289 e. The molecule has 2 atom stereocenters. The molecule has 1 N–H and O–H groups in total. The molecule has 3 heterocycles. The number of nitrogens with one attached hydrogen (secondary N) is 1. The molecule has 2 aliphatic rings. The molecule has 1 aromatic rings. The summed E-state index contributed by atoms with van der Waals surface area (Å²) >= 11 is 0. The van der Waals surface area contributed by atoms with Gasteiger partial charge in [-0.1, -0.05) is 0 Å². The van der Waals surface area contributed by atoms with Crippen molar-refractivity contribution in [2.75, 3.05) is 19.6 Å². The maximum Gasteiger partial charge on any atom is 0.289 e. The lowest BCUT2D eigenvalue weighted by Gasteiger charge is -2.30. The third-order valence-corrected chi connectivity index (χ3v) is 3.46. The highest BCUT2D eigenvalue weighted by Gasteiger charge is 2.35. The number of rotatable bonds is 1. The molecular formula is C12H16N2O2. The zero-order valence-corrected chi connectivity index (χ0v) is 9.40. The zero-order chi connectivity index (χ0) is 11.1. The van der Waals surface area contributed by atoms with Gasteiger partial charge in [0.05, 0.1) is 6.26 Å². The molecule has 2 aliphatic heterocycles. The fourth-order valence-corrected chi connectivity index (χ4v) is 2.70. The molecule has 4 heteroatoms. The van der Waals surface area contributed by atoms with Crippen molar-refractivity contribution in [3.05, 3.63) is 23.7 Å². The minimum Gasteiger partial charge on any atom is -0.459 e. The number of carbonyl (C=O) groups is 1. The van der Waals surface area contributed by atoms with Crippen LogP contribution in [0.5, 0.6) is 0 Å². The molecule has 1 aromatic heterocycles. The third-order valence-electron chi connectivity index (χ3n) is 3.46. The molecule has 0 radical (unpaired) electrons. The molecule has 0 aromatic carbocycles. The number of aryl methyl sites for hydroxylation is 1. The van der Waals surface area contributed by atoms with E-state index in [2.05, 4.69) is 5.32 Å². The first-order valence-corrected chi connectivity index (χ1v) is 5.80. The van der Waals surface area contributed by atoms with E-state index < -0.39 is 0 Å². The van der Waals surface area contributed by atoms with Crippen LogP contribution in [0, 0.1) is 12.8 Å². The molecule has 4 nitrogen and oxygen atoms in total. The lowest BCUT2D eigenvalue weighted by molar-refractivity contribution is 0.0659. The van der Waals surface area contributed by atoms with E-state index in [0.29, 0.717) is 17.7 Å². The van der Waals surface area contributed by atoms with E-state index in [-0.39, 0.29) is 5.91 Å². The van der Waals surface area contributed by atoms with E-state index in [0.717, 1.165) is 25.2 Å². The minimum absolute atomic E-state index is 0.0338. The zero-order valence-electron chi connectivity index (χ0n) is 9.40. The number of hydrogen-bond acceptors (Lipinski definition) is 3. The van der Waals surface area contributed by atoms with Gasteiger partial charge in [0.25, 0.3) is 5.91 Å².